The van der Waals surface area contributed by atoms with Crippen LogP contribution in [0.15, 0.2) is 12.7 Å². The highest BCUT2D eigenvalue weighted by Crippen LogP contribution is 2.33. The van der Waals surface area contributed by atoms with Crippen molar-refractivity contribution in [3.63, 3.8) is 0 Å². The Morgan fingerprint density at radius 3 is 2.90 bits per heavy atom. The van der Waals surface area contributed by atoms with Crippen LogP contribution in [-0.2, 0) is 4.74 Å². The maximum atomic E-state index is 10.2. The molecule has 3 heterocycles. The van der Waals surface area contributed by atoms with E-state index in [4.69, 9.17) is 10.5 Å². The first-order valence-electron chi connectivity index (χ1n) is 6.07. The zero-order valence-corrected chi connectivity index (χ0v) is 11.6. The third-order valence-corrected chi connectivity index (χ3v) is 4.00. The molecule has 4 atom stereocenters. The highest BCUT2D eigenvalue weighted by Gasteiger charge is 2.43. The summed E-state index contributed by atoms with van der Waals surface area (Å²) in [6, 6.07) is 0. The maximum absolute atomic E-state index is 10.2. The molecule has 1 fully saturated rings. The van der Waals surface area contributed by atoms with Gasteiger partial charge in [0.1, 0.15) is 30.4 Å². The molecular formula is C11H15N5O3S. The Morgan fingerprint density at radius 1 is 1.35 bits per heavy atom. The molecule has 0 saturated carbocycles. The molecule has 1 aliphatic heterocycles. The van der Waals surface area contributed by atoms with Crippen LogP contribution >= 0.6 is 11.8 Å². The average molecular weight is 297 g/mol. The van der Waals surface area contributed by atoms with Gasteiger partial charge in [-0.05, 0) is 6.26 Å². The van der Waals surface area contributed by atoms with Crippen LogP contribution < -0.4 is 5.73 Å². The van der Waals surface area contributed by atoms with Crippen LogP contribution in [-0.4, -0.2) is 60.1 Å². The molecule has 0 bridgehead atoms. The quantitative estimate of drug-likeness (QED) is 0.686. The van der Waals surface area contributed by atoms with Crippen molar-refractivity contribution in [2.45, 2.75) is 24.5 Å². The predicted molar refractivity (Wildman–Crippen MR) is 74.0 cm³/mol. The Kier molecular flexibility index (Phi) is 3.50. The van der Waals surface area contributed by atoms with Gasteiger partial charge in [0.05, 0.1) is 6.10 Å². The number of imidazole rings is 1. The molecule has 9 heteroatoms. The first-order valence-corrected chi connectivity index (χ1v) is 7.46. The molecule has 2 aromatic rings. The molecule has 2 aromatic heterocycles. The highest BCUT2D eigenvalue weighted by molar-refractivity contribution is 7.98. The van der Waals surface area contributed by atoms with Crippen LogP contribution in [0.5, 0.6) is 0 Å². The van der Waals surface area contributed by atoms with Gasteiger partial charge in [0.25, 0.3) is 0 Å². The number of nitrogens with two attached hydrogens (primary N) is 1. The van der Waals surface area contributed by atoms with E-state index in [1.807, 2.05) is 6.26 Å². The summed E-state index contributed by atoms with van der Waals surface area (Å²) in [7, 11) is 0. The van der Waals surface area contributed by atoms with E-state index in [9.17, 15) is 10.2 Å². The lowest BCUT2D eigenvalue weighted by atomic mass is 10.1. The van der Waals surface area contributed by atoms with Gasteiger partial charge in [0.15, 0.2) is 17.7 Å². The Morgan fingerprint density at radius 2 is 2.15 bits per heavy atom. The first-order chi connectivity index (χ1) is 9.63. The molecule has 8 nitrogen and oxygen atoms in total. The van der Waals surface area contributed by atoms with Crippen LogP contribution in [0.3, 0.4) is 0 Å². The van der Waals surface area contributed by atoms with Gasteiger partial charge in [-0.2, -0.15) is 11.8 Å². The van der Waals surface area contributed by atoms with Crippen molar-refractivity contribution in [1.82, 2.24) is 19.5 Å². The Labute approximate surface area is 119 Å². The summed E-state index contributed by atoms with van der Waals surface area (Å²) in [5.74, 6) is 0.846. The van der Waals surface area contributed by atoms with Gasteiger partial charge in [0.2, 0.25) is 0 Å². The van der Waals surface area contributed by atoms with Gasteiger partial charge in [-0.25, -0.2) is 15.0 Å². The molecule has 108 valence electrons. The molecule has 1 unspecified atom stereocenters. The lowest BCUT2D eigenvalue weighted by Crippen LogP contribution is -2.32. The zero-order chi connectivity index (χ0) is 14.3. The number of hydrogen-bond acceptors (Lipinski definition) is 8. The molecule has 1 aliphatic rings. The lowest BCUT2D eigenvalue weighted by Gasteiger charge is -2.17. The third-order valence-electron chi connectivity index (χ3n) is 3.34. The SMILES string of the molecule is CSC[C@H]1OC(n2cnc3ncnc(N)c32)[C@H](O)[C@@H]1O. The van der Waals surface area contributed by atoms with E-state index >= 15 is 0 Å². The number of ether oxygens (including phenoxy) is 1. The Bertz CT molecular complexity index is 621. The number of aliphatic hydroxyl groups is 2. The fourth-order valence-electron chi connectivity index (χ4n) is 2.35. The molecule has 0 radical (unpaired) electrons. The van der Waals surface area contributed by atoms with Crippen molar-refractivity contribution in [2.75, 3.05) is 17.7 Å². The first kappa shape index (κ1) is 13.6. The molecule has 20 heavy (non-hydrogen) atoms. The normalized spacial score (nSPS) is 30.1. The van der Waals surface area contributed by atoms with E-state index < -0.39 is 24.5 Å². The van der Waals surface area contributed by atoms with Crippen LogP contribution in [0.25, 0.3) is 11.2 Å². The van der Waals surface area contributed by atoms with E-state index in [0.717, 1.165) is 0 Å². The summed E-state index contributed by atoms with van der Waals surface area (Å²) >= 11 is 1.54. The summed E-state index contributed by atoms with van der Waals surface area (Å²) in [5.41, 5.74) is 6.75. The number of anilines is 1. The summed E-state index contributed by atoms with van der Waals surface area (Å²) < 4.78 is 7.29. The molecule has 0 aliphatic carbocycles. The average Bonchev–Trinajstić information content (AvgIpc) is 2.97. The van der Waals surface area contributed by atoms with Crippen molar-refractivity contribution >= 4 is 28.7 Å². The number of thioether (sulfide) groups is 1. The van der Waals surface area contributed by atoms with Crippen LogP contribution in [0.1, 0.15) is 6.23 Å². The largest absolute Gasteiger partial charge is 0.387 e. The number of nitrogen functional groups attached to an aromatic ring is 1. The summed E-state index contributed by atoms with van der Waals surface area (Å²) in [4.78, 5) is 12.0. The summed E-state index contributed by atoms with van der Waals surface area (Å²) in [6.45, 7) is 0. The summed E-state index contributed by atoms with van der Waals surface area (Å²) in [6.07, 6.45) is 1.53. The van der Waals surface area contributed by atoms with E-state index in [-0.39, 0.29) is 5.82 Å². The molecule has 3 rings (SSSR count). The van der Waals surface area contributed by atoms with Crippen LogP contribution in [0.4, 0.5) is 5.82 Å². The van der Waals surface area contributed by atoms with E-state index in [1.54, 1.807) is 16.3 Å². The smallest absolute Gasteiger partial charge is 0.183 e. The highest BCUT2D eigenvalue weighted by atomic mass is 32.2. The van der Waals surface area contributed by atoms with Gasteiger partial charge in [-0.1, -0.05) is 0 Å². The minimum atomic E-state index is -1.05. The van der Waals surface area contributed by atoms with Crippen molar-refractivity contribution < 1.29 is 14.9 Å². The molecule has 1 saturated heterocycles. The monoisotopic (exact) mass is 297 g/mol. The molecule has 4 N–H and O–H groups in total. The van der Waals surface area contributed by atoms with Crippen molar-refractivity contribution in [2.24, 2.45) is 0 Å². The zero-order valence-electron chi connectivity index (χ0n) is 10.7. The van der Waals surface area contributed by atoms with E-state index in [1.165, 1.54) is 12.7 Å². The van der Waals surface area contributed by atoms with Crippen LogP contribution in [0.2, 0.25) is 0 Å². The number of nitrogens with zero attached hydrogens (tertiary/aromatic N) is 4. The Balaban J connectivity index is 1.99. The van der Waals surface area contributed by atoms with Gasteiger partial charge in [-0.15, -0.1) is 0 Å². The minimum absolute atomic E-state index is 0.256. The van der Waals surface area contributed by atoms with Gasteiger partial charge in [-0.3, -0.25) is 4.57 Å². The molecule has 0 aromatic carbocycles. The lowest BCUT2D eigenvalue weighted by molar-refractivity contribution is -0.0285. The second-order valence-corrected chi connectivity index (χ2v) is 5.50. The number of aliphatic hydroxyl groups excluding tert-OH is 2. The number of rotatable bonds is 3. The maximum Gasteiger partial charge on any atom is 0.183 e. The predicted octanol–water partition coefficient (Wildman–Crippen LogP) is -0.609. The summed E-state index contributed by atoms with van der Waals surface area (Å²) in [5, 5.41) is 20.2. The topological polar surface area (TPSA) is 119 Å². The second kappa shape index (κ2) is 5.17. The second-order valence-electron chi connectivity index (χ2n) is 4.58. The number of hydrogen-bond donors (Lipinski definition) is 3. The van der Waals surface area contributed by atoms with Crippen molar-refractivity contribution in [3.05, 3.63) is 12.7 Å². The standard InChI is InChI=1S/C11H15N5O3S/c1-20-2-5-7(17)8(18)11(19-5)16-4-15-10-6(16)9(12)13-3-14-10/h3-5,7-8,11,17-18H,2H2,1H3,(H2,12,13,14)/t5-,7-,8-,11?/m1/s1. The molecule has 0 amide bonds. The number of aromatic nitrogens is 4. The van der Waals surface area contributed by atoms with E-state index in [2.05, 4.69) is 15.0 Å². The van der Waals surface area contributed by atoms with Gasteiger partial charge < -0.3 is 20.7 Å². The van der Waals surface area contributed by atoms with Crippen LogP contribution in [0, 0.1) is 0 Å². The Hall–Kier alpha value is -1.42. The third kappa shape index (κ3) is 2.03. The van der Waals surface area contributed by atoms with Crippen molar-refractivity contribution in [1.29, 1.82) is 0 Å². The van der Waals surface area contributed by atoms with Gasteiger partial charge in [0, 0.05) is 5.75 Å². The fraction of sp³-hybridized carbons (Fsp3) is 0.545. The minimum Gasteiger partial charge on any atom is -0.387 e. The fourth-order valence-corrected chi connectivity index (χ4v) is 2.96. The van der Waals surface area contributed by atoms with Crippen molar-refractivity contribution in [3.8, 4) is 0 Å². The van der Waals surface area contributed by atoms with Gasteiger partial charge >= 0.3 is 0 Å². The molecular weight excluding hydrogens is 282 g/mol. The molecule has 0 spiro atoms. The van der Waals surface area contributed by atoms with E-state index in [0.29, 0.717) is 16.9 Å². The number of fused-ring (bicyclic) bond motifs is 1.